The third-order valence-electron chi connectivity index (χ3n) is 7.70. The average molecular weight is 680 g/mol. The monoisotopic (exact) mass is 679 g/mol. The van der Waals surface area contributed by atoms with Crippen molar-refractivity contribution in [2.24, 2.45) is 0 Å². The summed E-state index contributed by atoms with van der Waals surface area (Å²) in [6.07, 6.45) is 1.69. The minimum atomic E-state index is -4.48. The van der Waals surface area contributed by atoms with Crippen LogP contribution in [-0.2, 0) is 32.6 Å². The van der Waals surface area contributed by atoms with Crippen LogP contribution < -0.4 is 19.1 Å². The number of nitrogens with one attached hydrogen (secondary N) is 1. The van der Waals surface area contributed by atoms with Gasteiger partial charge in [0.05, 0.1) is 24.8 Å². The van der Waals surface area contributed by atoms with E-state index in [1.807, 2.05) is 37.3 Å². The van der Waals surface area contributed by atoms with Crippen LogP contribution in [0.2, 0.25) is 0 Å². The summed E-state index contributed by atoms with van der Waals surface area (Å²) in [6, 6.07) is 22.3. The van der Waals surface area contributed by atoms with Crippen molar-refractivity contribution in [1.29, 1.82) is 0 Å². The molecule has 0 saturated heterocycles. The fourth-order valence-corrected chi connectivity index (χ4v) is 6.52. The van der Waals surface area contributed by atoms with Crippen molar-refractivity contribution in [3.8, 4) is 11.5 Å². The Morgan fingerprint density at radius 1 is 0.812 bits per heavy atom. The zero-order valence-electron chi connectivity index (χ0n) is 27.1. The highest BCUT2D eigenvalue weighted by molar-refractivity contribution is 7.92. The van der Waals surface area contributed by atoms with E-state index < -0.39 is 46.1 Å². The van der Waals surface area contributed by atoms with Gasteiger partial charge in [-0.1, -0.05) is 55.8 Å². The predicted molar refractivity (Wildman–Crippen MR) is 179 cm³/mol. The first-order valence-corrected chi connectivity index (χ1v) is 16.9. The van der Waals surface area contributed by atoms with Crippen molar-refractivity contribution in [3.05, 3.63) is 120 Å². The fourth-order valence-electron chi connectivity index (χ4n) is 5.09. The first-order chi connectivity index (χ1) is 23.1. The number of carbonyl (C=O) groups excluding carboxylic acids is 2. The molecule has 0 aliphatic carbocycles. The molecule has 4 aromatic carbocycles. The van der Waals surface area contributed by atoms with Crippen LogP contribution in [0.1, 0.15) is 30.9 Å². The molecule has 9 nitrogen and oxygen atoms in total. The number of unbranched alkanes of at least 4 members (excludes halogenated alkanes) is 1. The quantitative estimate of drug-likeness (QED) is 0.152. The smallest absolute Gasteiger partial charge is 0.264 e. The van der Waals surface area contributed by atoms with Crippen molar-refractivity contribution in [2.75, 3.05) is 31.6 Å². The van der Waals surface area contributed by atoms with E-state index in [0.717, 1.165) is 34.8 Å². The van der Waals surface area contributed by atoms with Crippen LogP contribution in [-0.4, -0.2) is 58.5 Å². The summed E-state index contributed by atoms with van der Waals surface area (Å²) in [5.74, 6) is -1.76. The Morgan fingerprint density at radius 3 is 2.04 bits per heavy atom. The van der Waals surface area contributed by atoms with Gasteiger partial charge >= 0.3 is 0 Å². The Hall–Kier alpha value is -4.97. The van der Waals surface area contributed by atoms with Gasteiger partial charge in [-0.15, -0.1) is 0 Å². The van der Waals surface area contributed by atoms with E-state index in [-0.39, 0.29) is 29.3 Å². The Labute approximate surface area is 280 Å². The lowest BCUT2D eigenvalue weighted by molar-refractivity contribution is -0.140. The number of benzene rings is 4. The number of sulfonamides is 1. The highest BCUT2D eigenvalue weighted by atomic mass is 32.2. The molecule has 0 bridgehead atoms. The Morgan fingerprint density at radius 2 is 1.44 bits per heavy atom. The molecule has 1 atom stereocenters. The lowest BCUT2D eigenvalue weighted by Crippen LogP contribution is -2.53. The van der Waals surface area contributed by atoms with Gasteiger partial charge in [0.15, 0.2) is 11.5 Å². The number of anilines is 1. The Balaban J connectivity index is 1.80. The largest absolute Gasteiger partial charge is 0.493 e. The molecular formula is C36H39F2N3O6S. The molecule has 0 radical (unpaired) electrons. The van der Waals surface area contributed by atoms with Crippen molar-refractivity contribution < 1.29 is 36.3 Å². The number of nitrogens with zero attached hydrogens (tertiary/aromatic N) is 2. The third-order valence-corrected chi connectivity index (χ3v) is 9.47. The molecule has 0 aliphatic heterocycles. The van der Waals surface area contributed by atoms with Gasteiger partial charge in [-0.3, -0.25) is 13.9 Å². The van der Waals surface area contributed by atoms with Gasteiger partial charge in [0.25, 0.3) is 10.0 Å². The van der Waals surface area contributed by atoms with E-state index in [0.29, 0.717) is 17.9 Å². The van der Waals surface area contributed by atoms with Gasteiger partial charge in [-0.05, 0) is 66.1 Å². The summed E-state index contributed by atoms with van der Waals surface area (Å²) in [4.78, 5) is 29.4. The summed E-state index contributed by atoms with van der Waals surface area (Å²) < 4.78 is 67.8. The lowest BCUT2D eigenvalue weighted by Gasteiger charge is -2.34. The fraction of sp³-hybridized carbons (Fsp3) is 0.278. The Bertz CT molecular complexity index is 1770. The maximum Gasteiger partial charge on any atom is 0.264 e. The van der Waals surface area contributed by atoms with Crippen LogP contribution >= 0.6 is 0 Å². The van der Waals surface area contributed by atoms with Gasteiger partial charge in [0, 0.05) is 25.6 Å². The summed E-state index contributed by atoms with van der Waals surface area (Å²) >= 11 is 0. The van der Waals surface area contributed by atoms with Crippen molar-refractivity contribution >= 4 is 27.5 Å². The molecule has 48 heavy (non-hydrogen) atoms. The Kier molecular flexibility index (Phi) is 12.5. The number of amides is 2. The maximum absolute atomic E-state index is 14.5. The molecule has 0 spiro atoms. The van der Waals surface area contributed by atoms with Crippen LogP contribution in [0.5, 0.6) is 11.5 Å². The van der Waals surface area contributed by atoms with Crippen LogP contribution in [0.15, 0.2) is 102 Å². The summed E-state index contributed by atoms with van der Waals surface area (Å²) in [7, 11) is -1.70. The van der Waals surface area contributed by atoms with Crippen LogP contribution in [0.4, 0.5) is 14.5 Å². The van der Waals surface area contributed by atoms with Crippen molar-refractivity contribution in [1.82, 2.24) is 10.2 Å². The average Bonchev–Trinajstić information content (AvgIpc) is 3.10. The molecule has 0 fully saturated rings. The second-order valence-electron chi connectivity index (χ2n) is 11.0. The molecule has 0 aromatic heterocycles. The number of carbonyl (C=O) groups is 2. The maximum atomic E-state index is 14.5. The third kappa shape index (κ3) is 9.09. The van der Waals surface area contributed by atoms with Crippen LogP contribution in [0.3, 0.4) is 0 Å². The molecule has 0 aliphatic rings. The SMILES string of the molecule is CCCCNC(=O)[C@@H](Cc1ccccc1)N(Cc1ccc(F)cc1)C(=O)CN(c1ccc(F)cc1)S(=O)(=O)c1ccc(OC)c(OC)c1. The normalized spacial score (nSPS) is 11.8. The molecule has 0 heterocycles. The molecule has 12 heteroatoms. The van der Waals surface area contributed by atoms with Crippen LogP contribution in [0.25, 0.3) is 0 Å². The van der Waals surface area contributed by atoms with Gasteiger partial charge in [0.1, 0.15) is 24.2 Å². The zero-order valence-corrected chi connectivity index (χ0v) is 27.9. The van der Waals surface area contributed by atoms with Gasteiger partial charge in [-0.25, -0.2) is 17.2 Å². The summed E-state index contributed by atoms with van der Waals surface area (Å²) in [6.45, 7) is 1.51. The highest BCUT2D eigenvalue weighted by Gasteiger charge is 2.35. The standard InChI is InChI=1S/C36H39F2N3O6S/c1-4-5-21-39-36(43)32(22-26-9-7-6-8-10-26)40(24-27-11-13-28(37)14-12-27)35(42)25-41(30-17-15-29(38)16-18-30)48(44,45)31-19-20-33(46-2)34(23-31)47-3/h6-20,23,32H,4-5,21-22,24-25H2,1-3H3,(H,39,43)/t32-/m1/s1. The molecule has 0 saturated carbocycles. The van der Waals surface area contributed by atoms with E-state index in [9.17, 15) is 26.8 Å². The molecule has 254 valence electrons. The minimum Gasteiger partial charge on any atom is -0.493 e. The number of rotatable bonds is 16. The number of hydrogen-bond donors (Lipinski definition) is 1. The van der Waals surface area contributed by atoms with Gasteiger partial charge < -0.3 is 19.7 Å². The molecule has 1 N–H and O–H groups in total. The number of methoxy groups -OCH3 is 2. The summed E-state index contributed by atoms with van der Waals surface area (Å²) in [5.41, 5.74) is 1.33. The predicted octanol–water partition coefficient (Wildman–Crippen LogP) is 5.73. The highest BCUT2D eigenvalue weighted by Crippen LogP contribution is 2.32. The molecule has 0 unspecified atom stereocenters. The zero-order chi connectivity index (χ0) is 34.7. The first kappa shape index (κ1) is 35.9. The van der Waals surface area contributed by atoms with E-state index in [2.05, 4.69) is 5.32 Å². The molecule has 2 amide bonds. The van der Waals surface area contributed by atoms with Gasteiger partial charge in [0.2, 0.25) is 11.8 Å². The van der Waals surface area contributed by atoms with E-state index in [4.69, 9.17) is 9.47 Å². The second-order valence-corrected chi connectivity index (χ2v) is 12.9. The molecule has 4 aromatic rings. The van der Waals surface area contributed by atoms with Crippen molar-refractivity contribution in [3.63, 3.8) is 0 Å². The summed E-state index contributed by atoms with van der Waals surface area (Å²) in [5, 5.41) is 2.91. The number of halogens is 2. The lowest BCUT2D eigenvalue weighted by atomic mass is 10.0. The molecule has 4 rings (SSSR count). The van der Waals surface area contributed by atoms with Crippen LogP contribution in [0, 0.1) is 11.6 Å². The van der Waals surface area contributed by atoms with E-state index >= 15 is 0 Å². The van der Waals surface area contributed by atoms with Gasteiger partial charge in [-0.2, -0.15) is 0 Å². The number of ether oxygens (including phenoxy) is 2. The topological polar surface area (TPSA) is 105 Å². The molecular weight excluding hydrogens is 640 g/mol. The first-order valence-electron chi connectivity index (χ1n) is 15.4. The van der Waals surface area contributed by atoms with E-state index in [1.165, 1.54) is 73.7 Å². The second kappa shape index (κ2) is 16.7. The van der Waals surface area contributed by atoms with Crippen molar-refractivity contribution in [2.45, 2.75) is 43.7 Å². The van der Waals surface area contributed by atoms with E-state index in [1.54, 1.807) is 0 Å². The minimum absolute atomic E-state index is 0.0215. The number of hydrogen-bond acceptors (Lipinski definition) is 6.